The highest BCUT2D eigenvalue weighted by atomic mass is 15.3. The molecule has 0 N–H and O–H groups in total. The first-order valence-electron chi connectivity index (χ1n) is 6.32. The molecule has 1 saturated heterocycles. The minimum absolute atomic E-state index is 0.533. The summed E-state index contributed by atoms with van der Waals surface area (Å²) in [6.45, 7) is 7.77. The van der Waals surface area contributed by atoms with E-state index in [9.17, 15) is 0 Å². The topological polar surface area (TPSA) is 33.4 Å². The van der Waals surface area contributed by atoms with Crippen molar-refractivity contribution in [2.75, 3.05) is 19.6 Å². The van der Waals surface area contributed by atoms with Crippen LogP contribution in [0.4, 0.5) is 0 Å². The van der Waals surface area contributed by atoms with Gasteiger partial charge in [0.25, 0.3) is 0 Å². The van der Waals surface area contributed by atoms with Crippen LogP contribution in [0.3, 0.4) is 0 Å². The molecule has 4 nitrogen and oxygen atoms in total. The molecule has 1 atom stereocenters. The minimum Gasteiger partial charge on any atom is -0.303 e. The summed E-state index contributed by atoms with van der Waals surface area (Å²) in [7, 11) is 0. The lowest BCUT2D eigenvalue weighted by molar-refractivity contribution is 0.352. The third-order valence-corrected chi connectivity index (χ3v) is 3.73. The van der Waals surface area contributed by atoms with E-state index in [0.717, 1.165) is 24.6 Å². The zero-order valence-electron chi connectivity index (χ0n) is 10.4. The van der Waals surface area contributed by atoms with E-state index in [1.165, 1.54) is 18.7 Å². The fraction of sp³-hybridized carbons (Fsp3) is 0.538. The van der Waals surface area contributed by atoms with Gasteiger partial charge in [-0.1, -0.05) is 13.0 Å². The van der Waals surface area contributed by atoms with Gasteiger partial charge >= 0.3 is 0 Å². The number of nitrogens with zero attached hydrogens (tertiary/aromatic N) is 4. The Morgan fingerprint density at radius 2 is 2.24 bits per heavy atom. The summed E-state index contributed by atoms with van der Waals surface area (Å²) in [5, 5.41) is 8.66. The van der Waals surface area contributed by atoms with Crippen LogP contribution in [0.25, 0.3) is 5.65 Å². The van der Waals surface area contributed by atoms with Gasteiger partial charge in [-0.15, -0.1) is 10.2 Å². The molecule has 2 aromatic heterocycles. The van der Waals surface area contributed by atoms with E-state index < -0.39 is 0 Å². The third kappa shape index (κ3) is 1.72. The van der Waals surface area contributed by atoms with E-state index in [4.69, 9.17) is 0 Å². The first kappa shape index (κ1) is 10.7. The van der Waals surface area contributed by atoms with Gasteiger partial charge in [0, 0.05) is 18.2 Å². The highest BCUT2D eigenvalue weighted by molar-refractivity contribution is 5.40. The molecule has 0 aliphatic carbocycles. The molecule has 1 aliphatic rings. The van der Waals surface area contributed by atoms with Crippen molar-refractivity contribution in [2.24, 2.45) is 0 Å². The lowest BCUT2D eigenvalue weighted by Gasteiger charge is -2.12. The Labute approximate surface area is 101 Å². The first-order chi connectivity index (χ1) is 8.29. The zero-order chi connectivity index (χ0) is 11.8. The first-order valence-corrected chi connectivity index (χ1v) is 6.32. The number of pyridine rings is 1. The molecule has 90 valence electrons. The van der Waals surface area contributed by atoms with Crippen LogP contribution in [0.2, 0.25) is 0 Å². The van der Waals surface area contributed by atoms with E-state index in [-0.39, 0.29) is 0 Å². The second kappa shape index (κ2) is 4.11. The minimum atomic E-state index is 0.533. The molecule has 1 aliphatic heterocycles. The number of rotatable bonds is 2. The molecular weight excluding hydrogens is 212 g/mol. The molecule has 0 bridgehead atoms. The number of aromatic nitrogens is 3. The van der Waals surface area contributed by atoms with Crippen LogP contribution < -0.4 is 0 Å². The van der Waals surface area contributed by atoms with Gasteiger partial charge in [-0.3, -0.25) is 4.40 Å². The van der Waals surface area contributed by atoms with E-state index in [1.54, 1.807) is 0 Å². The molecular formula is C13H18N4. The van der Waals surface area contributed by atoms with E-state index in [1.807, 2.05) is 12.1 Å². The number of likely N-dealkylation sites (tertiary alicyclic amines) is 1. The number of likely N-dealkylation sites (N-methyl/N-ethyl adjacent to an activating group) is 1. The van der Waals surface area contributed by atoms with Crippen molar-refractivity contribution < 1.29 is 0 Å². The molecule has 3 rings (SSSR count). The summed E-state index contributed by atoms with van der Waals surface area (Å²) in [5.41, 5.74) is 2.19. The van der Waals surface area contributed by atoms with E-state index >= 15 is 0 Å². The average molecular weight is 230 g/mol. The van der Waals surface area contributed by atoms with Gasteiger partial charge in [-0.2, -0.15) is 0 Å². The Morgan fingerprint density at radius 3 is 3.00 bits per heavy atom. The standard InChI is InChI=1S/C13H18N4/c1-3-16-8-7-11(9-16)13-15-14-12-6-4-5-10(2)17(12)13/h4-6,11H,3,7-9H2,1-2H3. The largest absolute Gasteiger partial charge is 0.303 e. The molecule has 1 unspecified atom stereocenters. The van der Waals surface area contributed by atoms with Crippen molar-refractivity contribution in [2.45, 2.75) is 26.2 Å². The summed E-state index contributed by atoms with van der Waals surface area (Å²) >= 11 is 0. The molecule has 0 aromatic carbocycles. The van der Waals surface area contributed by atoms with Gasteiger partial charge in [0.15, 0.2) is 5.65 Å². The molecule has 0 spiro atoms. The van der Waals surface area contributed by atoms with Gasteiger partial charge in [0.1, 0.15) is 5.82 Å². The predicted octanol–water partition coefficient (Wildman–Crippen LogP) is 1.85. The number of hydrogen-bond acceptors (Lipinski definition) is 3. The molecule has 0 radical (unpaired) electrons. The van der Waals surface area contributed by atoms with Gasteiger partial charge in [0.05, 0.1) is 0 Å². The number of fused-ring (bicyclic) bond motifs is 1. The highest BCUT2D eigenvalue weighted by Crippen LogP contribution is 2.26. The zero-order valence-corrected chi connectivity index (χ0v) is 10.4. The normalized spacial score (nSPS) is 21.4. The van der Waals surface area contributed by atoms with E-state index in [0.29, 0.717) is 5.92 Å². The molecule has 1 fully saturated rings. The van der Waals surface area contributed by atoms with Gasteiger partial charge in [0.2, 0.25) is 0 Å². The lowest BCUT2D eigenvalue weighted by Crippen LogP contribution is -2.19. The van der Waals surface area contributed by atoms with Crippen molar-refractivity contribution in [3.05, 3.63) is 29.7 Å². The average Bonchev–Trinajstić information content (AvgIpc) is 2.94. The van der Waals surface area contributed by atoms with Crippen LogP contribution in [0.1, 0.15) is 30.8 Å². The maximum atomic E-state index is 4.39. The van der Waals surface area contributed by atoms with Crippen LogP contribution >= 0.6 is 0 Å². The van der Waals surface area contributed by atoms with Crippen molar-refractivity contribution in [1.29, 1.82) is 0 Å². The van der Waals surface area contributed by atoms with E-state index in [2.05, 4.69) is 39.4 Å². The highest BCUT2D eigenvalue weighted by Gasteiger charge is 2.26. The molecule has 4 heteroatoms. The van der Waals surface area contributed by atoms with Crippen molar-refractivity contribution in [3.63, 3.8) is 0 Å². The smallest absolute Gasteiger partial charge is 0.160 e. The fourth-order valence-electron chi connectivity index (χ4n) is 2.72. The molecule has 3 heterocycles. The Hall–Kier alpha value is -1.42. The van der Waals surface area contributed by atoms with Crippen molar-refractivity contribution >= 4 is 5.65 Å². The van der Waals surface area contributed by atoms with Crippen LogP contribution in [-0.4, -0.2) is 39.1 Å². The van der Waals surface area contributed by atoms with Crippen LogP contribution in [0.5, 0.6) is 0 Å². The van der Waals surface area contributed by atoms with Gasteiger partial charge < -0.3 is 4.90 Å². The molecule has 0 amide bonds. The summed E-state index contributed by atoms with van der Waals surface area (Å²) in [5.74, 6) is 1.67. The predicted molar refractivity (Wildman–Crippen MR) is 67.2 cm³/mol. The van der Waals surface area contributed by atoms with Crippen LogP contribution in [-0.2, 0) is 0 Å². The Morgan fingerprint density at radius 1 is 1.35 bits per heavy atom. The van der Waals surface area contributed by atoms with Crippen LogP contribution in [0, 0.1) is 6.92 Å². The quantitative estimate of drug-likeness (QED) is 0.789. The SMILES string of the molecule is CCN1CCC(c2nnc3cccc(C)n23)C1. The Bertz CT molecular complexity index is 531. The second-order valence-corrected chi connectivity index (χ2v) is 4.80. The van der Waals surface area contributed by atoms with Gasteiger partial charge in [-0.25, -0.2) is 0 Å². The summed E-state index contributed by atoms with van der Waals surface area (Å²) in [6, 6.07) is 6.18. The Balaban J connectivity index is 2.01. The Kier molecular flexibility index (Phi) is 2.59. The van der Waals surface area contributed by atoms with Crippen LogP contribution in [0.15, 0.2) is 18.2 Å². The maximum Gasteiger partial charge on any atom is 0.160 e. The number of aryl methyl sites for hydroxylation is 1. The molecule has 0 saturated carbocycles. The summed E-state index contributed by atoms with van der Waals surface area (Å²) in [4.78, 5) is 2.48. The van der Waals surface area contributed by atoms with Crippen molar-refractivity contribution in [3.8, 4) is 0 Å². The molecule has 2 aromatic rings. The third-order valence-electron chi connectivity index (χ3n) is 3.73. The lowest BCUT2D eigenvalue weighted by atomic mass is 10.1. The summed E-state index contributed by atoms with van der Waals surface area (Å²) < 4.78 is 2.20. The second-order valence-electron chi connectivity index (χ2n) is 4.80. The molecule has 17 heavy (non-hydrogen) atoms. The van der Waals surface area contributed by atoms with Crippen molar-refractivity contribution in [1.82, 2.24) is 19.5 Å². The monoisotopic (exact) mass is 230 g/mol. The number of hydrogen-bond donors (Lipinski definition) is 0. The maximum absolute atomic E-state index is 4.39. The summed E-state index contributed by atoms with van der Waals surface area (Å²) in [6.07, 6.45) is 1.20. The fourth-order valence-corrected chi connectivity index (χ4v) is 2.72. The van der Waals surface area contributed by atoms with Gasteiger partial charge in [-0.05, 0) is 38.6 Å².